The Labute approximate surface area is 165 Å². The number of carbonyl (C=O) groups is 3. The van der Waals surface area contributed by atoms with Crippen LogP contribution < -0.4 is 15.4 Å². The molecule has 2 aliphatic rings. The van der Waals surface area contributed by atoms with Gasteiger partial charge in [-0.15, -0.1) is 0 Å². The fourth-order valence-electron chi connectivity index (χ4n) is 3.29. The molecule has 1 aromatic carbocycles. The van der Waals surface area contributed by atoms with Crippen molar-refractivity contribution in [2.24, 2.45) is 0 Å². The average Bonchev–Trinajstić information content (AvgIpc) is 3.15. The van der Waals surface area contributed by atoms with Crippen LogP contribution in [0.3, 0.4) is 0 Å². The first-order chi connectivity index (χ1) is 13.9. The monoisotopic (exact) mass is 392 g/mol. The van der Waals surface area contributed by atoms with E-state index in [1.165, 1.54) is 30.5 Å². The number of hydrogen-bond donors (Lipinski definition) is 3. The van der Waals surface area contributed by atoms with Gasteiger partial charge in [-0.1, -0.05) is 17.9 Å². The fraction of sp³-hybridized carbons (Fsp3) is 0.200. The molecule has 0 saturated carbocycles. The molecule has 9 nitrogen and oxygen atoms in total. The molecule has 9 heteroatoms. The lowest BCUT2D eigenvalue weighted by molar-refractivity contribution is -0.122. The van der Waals surface area contributed by atoms with Gasteiger partial charge in [0.2, 0.25) is 5.54 Å². The number of fused-ring (bicyclic) bond motifs is 1. The number of rotatable bonds is 3. The third-order valence-electron chi connectivity index (χ3n) is 4.71. The lowest BCUT2D eigenvalue weighted by atomic mass is 9.99. The predicted octanol–water partition coefficient (Wildman–Crippen LogP) is 0.381. The van der Waals surface area contributed by atoms with Crippen molar-refractivity contribution in [3.05, 3.63) is 53.3 Å². The fourth-order valence-corrected chi connectivity index (χ4v) is 3.29. The third-order valence-corrected chi connectivity index (χ3v) is 4.71. The molecular weight excluding hydrogens is 376 g/mol. The molecule has 1 fully saturated rings. The predicted molar refractivity (Wildman–Crippen MR) is 99.9 cm³/mol. The smallest absolute Gasteiger partial charge is 0.323 e. The second-order valence-corrected chi connectivity index (χ2v) is 6.68. The normalized spacial score (nSPS) is 19.9. The first kappa shape index (κ1) is 18.3. The van der Waals surface area contributed by atoms with Gasteiger partial charge in [0.1, 0.15) is 11.5 Å². The van der Waals surface area contributed by atoms with Crippen LogP contribution in [0.15, 0.2) is 36.7 Å². The largest absolute Gasteiger partial charge is 0.506 e. The molecule has 146 valence electrons. The van der Waals surface area contributed by atoms with Gasteiger partial charge in [-0.3, -0.25) is 19.9 Å². The number of aromatic nitrogens is 1. The summed E-state index contributed by atoms with van der Waals surface area (Å²) in [7, 11) is 1.51. The molecular formula is C20H16N4O5. The van der Waals surface area contributed by atoms with Crippen LogP contribution in [0.25, 0.3) is 0 Å². The van der Waals surface area contributed by atoms with Gasteiger partial charge in [-0.2, -0.15) is 0 Å². The topological polar surface area (TPSA) is 121 Å². The van der Waals surface area contributed by atoms with Crippen molar-refractivity contribution in [1.82, 2.24) is 20.5 Å². The number of methoxy groups -OCH3 is 1. The van der Waals surface area contributed by atoms with E-state index in [2.05, 4.69) is 27.5 Å². The number of imide groups is 1. The van der Waals surface area contributed by atoms with Crippen molar-refractivity contribution in [2.45, 2.75) is 12.1 Å². The molecule has 3 N–H and O–H groups in total. The number of carbonyl (C=O) groups excluding carboxylic acids is 3. The maximum atomic E-state index is 12.8. The molecule has 1 atom stereocenters. The summed E-state index contributed by atoms with van der Waals surface area (Å²) in [5.74, 6) is 5.03. The molecule has 0 bridgehead atoms. The minimum atomic E-state index is -1.62. The first-order valence-electron chi connectivity index (χ1n) is 8.67. The van der Waals surface area contributed by atoms with Crippen LogP contribution in [0.4, 0.5) is 4.79 Å². The number of ether oxygens (including phenoxy) is 1. The second kappa shape index (κ2) is 6.83. The molecule has 4 amide bonds. The molecule has 0 unspecified atom stereocenters. The zero-order valence-corrected chi connectivity index (χ0v) is 15.4. The highest BCUT2D eigenvalue weighted by Crippen LogP contribution is 2.28. The first-order valence-corrected chi connectivity index (χ1v) is 8.67. The summed E-state index contributed by atoms with van der Waals surface area (Å²) in [6.45, 7) is 0.137. The third kappa shape index (κ3) is 3.32. The Morgan fingerprint density at radius 3 is 2.79 bits per heavy atom. The van der Waals surface area contributed by atoms with Gasteiger partial charge in [0.25, 0.3) is 11.8 Å². The number of pyridine rings is 1. The minimum absolute atomic E-state index is 0.0788. The van der Waals surface area contributed by atoms with Crippen LogP contribution in [0.1, 0.15) is 21.5 Å². The van der Waals surface area contributed by atoms with Gasteiger partial charge in [0.05, 0.1) is 19.9 Å². The summed E-state index contributed by atoms with van der Waals surface area (Å²) < 4.78 is 5.16. The van der Waals surface area contributed by atoms with Gasteiger partial charge >= 0.3 is 6.03 Å². The highest BCUT2D eigenvalue weighted by atomic mass is 16.5. The highest BCUT2D eigenvalue weighted by molar-refractivity contribution is 6.10. The Morgan fingerprint density at radius 1 is 1.28 bits per heavy atom. The van der Waals surface area contributed by atoms with E-state index in [9.17, 15) is 19.5 Å². The molecule has 0 aliphatic carbocycles. The zero-order valence-electron chi connectivity index (χ0n) is 15.4. The van der Waals surface area contributed by atoms with Gasteiger partial charge in [-0.05, 0) is 23.8 Å². The van der Waals surface area contributed by atoms with E-state index in [-0.39, 0.29) is 24.7 Å². The Morgan fingerprint density at radius 2 is 2.10 bits per heavy atom. The van der Waals surface area contributed by atoms with Crippen molar-refractivity contribution in [3.63, 3.8) is 0 Å². The van der Waals surface area contributed by atoms with Crippen LogP contribution in [0.5, 0.6) is 11.5 Å². The van der Waals surface area contributed by atoms with Gasteiger partial charge in [-0.25, -0.2) is 4.79 Å². The van der Waals surface area contributed by atoms with E-state index in [1.807, 2.05) is 0 Å². The number of amides is 4. The number of benzene rings is 1. The Balaban J connectivity index is 1.65. The lowest BCUT2D eigenvalue weighted by Gasteiger charge is -2.26. The summed E-state index contributed by atoms with van der Waals surface area (Å²) in [4.78, 5) is 42.5. The van der Waals surface area contributed by atoms with E-state index in [0.29, 0.717) is 16.9 Å². The molecule has 2 aromatic rings. The van der Waals surface area contributed by atoms with Crippen LogP contribution in [-0.4, -0.2) is 52.0 Å². The number of hydrogen-bond acceptors (Lipinski definition) is 6. The van der Waals surface area contributed by atoms with Gasteiger partial charge in [0, 0.05) is 23.9 Å². The van der Waals surface area contributed by atoms with Crippen LogP contribution in [0.2, 0.25) is 0 Å². The van der Waals surface area contributed by atoms with Crippen LogP contribution in [-0.2, 0) is 11.3 Å². The zero-order chi connectivity index (χ0) is 20.6. The lowest BCUT2D eigenvalue weighted by Crippen LogP contribution is -2.54. The second-order valence-electron chi connectivity index (χ2n) is 6.68. The average molecular weight is 392 g/mol. The van der Waals surface area contributed by atoms with Crippen molar-refractivity contribution in [1.29, 1.82) is 0 Å². The minimum Gasteiger partial charge on any atom is -0.506 e. The van der Waals surface area contributed by atoms with Crippen molar-refractivity contribution in [3.8, 4) is 23.3 Å². The van der Waals surface area contributed by atoms with E-state index in [0.717, 1.165) is 5.56 Å². The quantitative estimate of drug-likeness (QED) is 0.513. The van der Waals surface area contributed by atoms with Crippen molar-refractivity contribution < 1.29 is 24.2 Å². The van der Waals surface area contributed by atoms with E-state index >= 15 is 0 Å². The number of nitrogens with zero attached hydrogens (tertiary/aromatic N) is 2. The van der Waals surface area contributed by atoms with Crippen LogP contribution >= 0.6 is 0 Å². The van der Waals surface area contributed by atoms with Gasteiger partial charge < -0.3 is 20.1 Å². The number of nitrogens with one attached hydrogen (secondary N) is 2. The Bertz CT molecular complexity index is 1100. The molecule has 0 spiro atoms. The van der Waals surface area contributed by atoms with E-state index in [1.54, 1.807) is 18.2 Å². The van der Waals surface area contributed by atoms with Crippen molar-refractivity contribution in [2.75, 3.05) is 13.7 Å². The Hall–Kier alpha value is -4.06. The molecule has 1 aromatic heterocycles. The molecule has 3 heterocycles. The molecule has 1 saturated heterocycles. The highest BCUT2D eigenvalue weighted by Gasteiger charge is 2.48. The maximum Gasteiger partial charge on any atom is 0.323 e. The molecule has 29 heavy (non-hydrogen) atoms. The summed E-state index contributed by atoms with van der Waals surface area (Å²) in [5, 5.41) is 14.2. The maximum absolute atomic E-state index is 12.8. The number of aromatic hydroxyl groups is 1. The SMILES string of the molecule is COc1ccc2c(c1)C(=O)N(C[C@@]1(C#Cc3cncc(O)c3)NC(=O)NC1=O)C2. The number of urea groups is 1. The van der Waals surface area contributed by atoms with E-state index in [4.69, 9.17) is 4.74 Å². The summed E-state index contributed by atoms with van der Waals surface area (Å²) in [6, 6.07) is 5.87. The van der Waals surface area contributed by atoms with Gasteiger partial charge in [0.15, 0.2) is 0 Å². The van der Waals surface area contributed by atoms with Crippen LogP contribution in [0, 0.1) is 11.8 Å². The van der Waals surface area contributed by atoms with Crippen molar-refractivity contribution >= 4 is 17.8 Å². The summed E-state index contributed by atoms with van der Waals surface area (Å²) in [6.07, 6.45) is 2.66. The van der Waals surface area contributed by atoms with E-state index < -0.39 is 17.5 Å². The molecule has 4 rings (SSSR count). The standard InChI is InChI=1S/C20H16N4O5/c1-29-15-3-2-13-10-24(17(26)16(13)7-15)11-20(18(27)22-19(28)23-20)5-4-12-6-14(25)9-21-8-12/h2-3,6-9,25H,10-11H2,1H3,(H2,22,23,27,28)/t20-/m1/s1. The Kier molecular flexibility index (Phi) is 4.31. The summed E-state index contributed by atoms with van der Waals surface area (Å²) in [5.41, 5.74) is 0.0129. The summed E-state index contributed by atoms with van der Waals surface area (Å²) >= 11 is 0. The molecule has 0 radical (unpaired) electrons. The molecule has 2 aliphatic heterocycles.